The number of ether oxygens (including phenoxy) is 1. The number of carbonyl (C=O) groups excluding carboxylic acids is 1. The molecule has 0 aliphatic carbocycles. The lowest BCUT2D eigenvalue weighted by Gasteiger charge is -2.33. The van der Waals surface area contributed by atoms with Crippen LogP contribution in [0, 0.1) is 0 Å². The minimum atomic E-state index is -0.162. The van der Waals surface area contributed by atoms with Crippen LogP contribution in [0.3, 0.4) is 0 Å². The summed E-state index contributed by atoms with van der Waals surface area (Å²) in [5.41, 5.74) is 0.859. The number of imidazole rings is 1. The average molecular weight is 329 g/mol. The zero-order chi connectivity index (χ0) is 16.8. The highest BCUT2D eigenvalue weighted by Gasteiger charge is 2.26. The van der Waals surface area contributed by atoms with Crippen molar-refractivity contribution in [2.45, 2.75) is 25.5 Å². The molecule has 1 atom stereocenters. The Balaban J connectivity index is 1.53. The van der Waals surface area contributed by atoms with E-state index in [0.717, 1.165) is 24.5 Å². The summed E-state index contributed by atoms with van der Waals surface area (Å²) in [5, 5.41) is 3.03. The molecule has 0 aromatic carbocycles. The number of amides is 1. The molecular formula is C17H23N5O2. The van der Waals surface area contributed by atoms with E-state index in [4.69, 9.17) is 4.74 Å². The summed E-state index contributed by atoms with van der Waals surface area (Å²) in [4.78, 5) is 22.9. The number of pyridine rings is 1. The van der Waals surface area contributed by atoms with Crippen LogP contribution in [0.15, 0.2) is 36.9 Å². The number of hydrogen-bond donors (Lipinski definition) is 1. The molecule has 2 aromatic rings. The molecule has 7 nitrogen and oxygen atoms in total. The highest BCUT2D eigenvalue weighted by Crippen LogP contribution is 2.22. The van der Waals surface area contributed by atoms with Gasteiger partial charge in [0, 0.05) is 39.0 Å². The lowest BCUT2D eigenvalue weighted by molar-refractivity contribution is -0.139. The number of aryl methyl sites for hydroxylation is 1. The van der Waals surface area contributed by atoms with E-state index >= 15 is 0 Å². The lowest BCUT2D eigenvalue weighted by atomic mass is 10.1. The predicted molar refractivity (Wildman–Crippen MR) is 90.5 cm³/mol. The Morgan fingerprint density at radius 2 is 2.38 bits per heavy atom. The second-order valence-corrected chi connectivity index (χ2v) is 5.80. The van der Waals surface area contributed by atoms with Gasteiger partial charge in [0.15, 0.2) is 0 Å². The summed E-state index contributed by atoms with van der Waals surface area (Å²) < 4.78 is 7.80. The van der Waals surface area contributed by atoms with Gasteiger partial charge < -0.3 is 19.5 Å². The van der Waals surface area contributed by atoms with Crippen LogP contribution in [0.4, 0.5) is 5.82 Å². The van der Waals surface area contributed by atoms with Crippen LogP contribution < -0.4 is 5.32 Å². The molecule has 7 heteroatoms. The van der Waals surface area contributed by atoms with E-state index < -0.39 is 0 Å². The third kappa shape index (κ3) is 4.11. The quantitative estimate of drug-likeness (QED) is 0.873. The van der Waals surface area contributed by atoms with Gasteiger partial charge in [-0.05, 0) is 18.6 Å². The fourth-order valence-corrected chi connectivity index (χ4v) is 2.81. The molecule has 1 N–H and O–H groups in total. The Hall–Kier alpha value is -2.41. The smallest absolute Gasteiger partial charge is 0.222 e. The number of rotatable bonds is 6. The zero-order valence-electron chi connectivity index (χ0n) is 13.9. The number of hydrogen-bond acceptors (Lipinski definition) is 5. The summed E-state index contributed by atoms with van der Waals surface area (Å²) in [6, 6.07) is 5.80. The van der Waals surface area contributed by atoms with Crippen molar-refractivity contribution in [3.8, 4) is 0 Å². The van der Waals surface area contributed by atoms with Crippen LogP contribution in [-0.2, 0) is 16.1 Å². The molecular weight excluding hydrogens is 306 g/mol. The van der Waals surface area contributed by atoms with E-state index in [0.29, 0.717) is 26.1 Å². The van der Waals surface area contributed by atoms with Crippen LogP contribution in [0.2, 0.25) is 0 Å². The summed E-state index contributed by atoms with van der Waals surface area (Å²) in [7, 11) is 1.84. The maximum atomic E-state index is 12.4. The van der Waals surface area contributed by atoms with Gasteiger partial charge in [0.25, 0.3) is 0 Å². The van der Waals surface area contributed by atoms with Gasteiger partial charge in [0.1, 0.15) is 11.9 Å². The van der Waals surface area contributed by atoms with Crippen molar-refractivity contribution >= 4 is 11.7 Å². The Kier molecular flexibility index (Phi) is 5.43. The summed E-state index contributed by atoms with van der Waals surface area (Å²) in [6.45, 7) is 2.56. The molecule has 3 heterocycles. The topological polar surface area (TPSA) is 72.3 Å². The number of aromatic nitrogens is 3. The van der Waals surface area contributed by atoms with Gasteiger partial charge in [0.05, 0.1) is 25.2 Å². The van der Waals surface area contributed by atoms with Gasteiger partial charge in [-0.15, -0.1) is 0 Å². The lowest BCUT2D eigenvalue weighted by Crippen LogP contribution is -2.42. The molecule has 0 saturated carbocycles. The van der Waals surface area contributed by atoms with Gasteiger partial charge in [-0.2, -0.15) is 0 Å². The van der Waals surface area contributed by atoms with Crippen molar-refractivity contribution in [2.24, 2.45) is 0 Å². The molecule has 1 amide bonds. The first-order valence-corrected chi connectivity index (χ1v) is 8.26. The number of anilines is 1. The summed E-state index contributed by atoms with van der Waals surface area (Å²) in [6.07, 6.45) is 6.62. The van der Waals surface area contributed by atoms with Gasteiger partial charge in [-0.25, -0.2) is 9.97 Å². The first kappa shape index (κ1) is 16.4. The van der Waals surface area contributed by atoms with E-state index in [2.05, 4.69) is 15.3 Å². The van der Waals surface area contributed by atoms with Crippen molar-refractivity contribution in [3.05, 3.63) is 42.6 Å². The number of nitrogens with one attached hydrogen (secondary N) is 1. The van der Waals surface area contributed by atoms with Crippen LogP contribution in [0.25, 0.3) is 0 Å². The molecule has 0 bridgehead atoms. The molecule has 1 fully saturated rings. The summed E-state index contributed by atoms with van der Waals surface area (Å²) in [5.74, 6) is 0.980. The third-order valence-corrected chi connectivity index (χ3v) is 4.14. The second-order valence-electron chi connectivity index (χ2n) is 5.80. The molecule has 0 spiro atoms. The number of nitrogens with zero attached hydrogens (tertiary/aromatic N) is 4. The van der Waals surface area contributed by atoms with Gasteiger partial charge in [-0.3, -0.25) is 4.79 Å². The van der Waals surface area contributed by atoms with Crippen LogP contribution >= 0.6 is 0 Å². The highest BCUT2D eigenvalue weighted by molar-refractivity contribution is 5.76. The Labute approximate surface area is 141 Å². The maximum absolute atomic E-state index is 12.4. The average Bonchev–Trinajstić information content (AvgIpc) is 3.15. The third-order valence-electron chi connectivity index (χ3n) is 4.14. The van der Waals surface area contributed by atoms with Crippen LogP contribution in [-0.4, -0.2) is 52.1 Å². The minimum absolute atomic E-state index is 0.162. The molecule has 2 aromatic heterocycles. The largest absolute Gasteiger partial charge is 0.373 e. The monoisotopic (exact) mass is 329 g/mol. The van der Waals surface area contributed by atoms with Crippen LogP contribution in [0.5, 0.6) is 0 Å². The molecule has 1 aliphatic heterocycles. The van der Waals surface area contributed by atoms with Gasteiger partial charge in [-0.1, -0.05) is 6.07 Å². The van der Waals surface area contributed by atoms with E-state index in [1.54, 1.807) is 12.5 Å². The highest BCUT2D eigenvalue weighted by atomic mass is 16.5. The van der Waals surface area contributed by atoms with E-state index in [9.17, 15) is 4.79 Å². The van der Waals surface area contributed by atoms with Crippen molar-refractivity contribution in [3.63, 3.8) is 0 Å². The maximum Gasteiger partial charge on any atom is 0.222 e. The van der Waals surface area contributed by atoms with Crippen molar-refractivity contribution in [2.75, 3.05) is 32.1 Å². The zero-order valence-corrected chi connectivity index (χ0v) is 13.9. The summed E-state index contributed by atoms with van der Waals surface area (Å²) >= 11 is 0. The molecule has 0 radical (unpaired) electrons. The fraction of sp³-hybridized carbons (Fsp3) is 0.471. The second kappa shape index (κ2) is 7.92. The fourth-order valence-electron chi connectivity index (χ4n) is 2.81. The molecule has 1 saturated heterocycles. The van der Waals surface area contributed by atoms with Crippen molar-refractivity contribution in [1.82, 2.24) is 19.4 Å². The molecule has 0 unspecified atom stereocenters. The van der Waals surface area contributed by atoms with Gasteiger partial charge >= 0.3 is 0 Å². The molecule has 24 heavy (non-hydrogen) atoms. The van der Waals surface area contributed by atoms with E-state index in [1.807, 2.05) is 40.9 Å². The SMILES string of the molecule is CNc1cccc([C@@H]2CN(C(=O)CCCn3ccnc3)CCO2)n1. The van der Waals surface area contributed by atoms with Crippen molar-refractivity contribution in [1.29, 1.82) is 0 Å². The van der Waals surface area contributed by atoms with Crippen molar-refractivity contribution < 1.29 is 9.53 Å². The standard InChI is InChI=1S/C17H23N5O2/c1-18-16-5-2-4-14(20-16)15-12-22(10-11-24-15)17(23)6-3-8-21-9-7-19-13-21/h2,4-5,7,9,13,15H,3,6,8,10-12H2,1H3,(H,18,20)/t15-/m0/s1. The normalized spacial score (nSPS) is 17.7. The van der Waals surface area contributed by atoms with Crippen LogP contribution in [0.1, 0.15) is 24.6 Å². The Morgan fingerprint density at radius 1 is 1.46 bits per heavy atom. The van der Waals surface area contributed by atoms with E-state index in [1.165, 1.54) is 0 Å². The van der Waals surface area contributed by atoms with Gasteiger partial charge in [0.2, 0.25) is 5.91 Å². The predicted octanol–water partition coefficient (Wildman–Crippen LogP) is 1.70. The molecule has 1 aliphatic rings. The number of carbonyl (C=O) groups is 1. The first-order valence-electron chi connectivity index (χ1n) is 8.26. The minimum Gasteiger partial charge on any atom is -0.373 e. The Morgan fingerprint density at radius 3 is 3.17 bits per heavy atom. The Bertz CT molecular complexity index is 659. The molecule has 3 rings (SSSR count). The van der Waals surface area contributed by atoms with E-state index in [-0.39, 0.29) is 12.0 Å². The molecule has 128 valence electrons. The number of morpholine rings is 1. The first-order chi connectivity index (χ1) is 11.8.